The summed E-state index contributed by atoms with van der Waals surface area (Å²) in [7, 11) is 2.18. The smallest absolute Gasteiger partial charge is 0.170 e. The zero-order chi connectivity index (χ0) is 13.8. The van der Waals surface area contributed by atoms with E-state index in [1.807, 2.05) is 30.3 Å². The first-order valence-electron chi connectivity index (χ1n) is 7.05. The SMILES string of the molecule is CN1CCC(CNCc2nnnn2-c2ccccc2)C1. The van der Waals surface area contributed by atoms with Gasteiger partial charge < -0.3 is 10.2 Å². The highest BCUT2D eigenvalue weighted by molar-refractivity contribution is 5.30. The van der Waals surface area contributed by atoms with Gasteiger partial charge in [-0.25, -0.2) is 0 Å². The van der Waals surface area contributed by atoms with Crippen LogP contribution < -0.4 is 5.32 Å². The summed E-state index contributed by atoms with van der Waals surface area (Å²) >= 11 is 0. The summed E-state index contributed by atoms with van der Waals surface area (Å²) in [5.74, 6) is 1.59. The van der Waals surface area contributed by atoms with Crippen molar-refractivity contribution in [1.29, 1.82) is 0 Å². The van der Waals surface area contributed by atoms with Gasteiger partial charge in [0, 0.05) is 6.54 Å². The van der Waals surface area contributed by atoms with E-state index in [2.05, 4.69) is 32.8 Å². The molecule has 1 saturated heterocycles. The first-order chi connectivity index (χ1) is 9.83. The minimum Gasteiger partial charge on any atom is -0.309 e. The molecule has 3 rings (SSSR count). The van der Waals surface area contributed by atoms with Gasteiger partial charge in [-0.3, -0.25) is 0 Å². The molecule has 0 spiro atoms. The summed E-state index contributed by atoms with van der Waals surface area (Å²) in [4.78, 5) is 2.38. The zero-order valence-corrected chi connectivity index (χ0v) is 11.7. The molecular weight excluding hydrogens is 252 g/mol. The van der Waals surface area contributed by atoms with Crippen LogP contribution in [0, 0.1) is 5.92 Å². The van der Waals surface area contributed by atoms with E-state index >= 15 is 0 Å². The lowest BCUT2D eigenvalue weighted by molar-refractivity contribution is 0.387. The van der Waals surface area contributed by atoms with Gasteiger partial charge in [0.25, 0.3) is 0 Å². The Morgan fingerprint density at radius 3 is 2.90 bits per heavy atom. The maximum Gasteiger partial charge on any atom is 0.170 e. The van der Waals surface area contributed by atoms with Crippen molar-refractivity contribution in [3.63, 3.8) is 0 Å². The molecule has 0 saturated carbocycles. The van der Waals surface area contributed by atoms with E-state index in [9.17, 15) is 0 Å². The monoisotopic (exact) mass is 272 g/mol. The molecule has 1 atom stereocenters. The maximum atomic E-state index is 4.10. The van der Waals surface area contributed by atoms with Crippen LogP contribution in [0.2, 0.25) is 0 Å². The minimum atomic E-state index is 0.697. The lowest BCUT2D eigenvalue weighted by Gasteiger charge is -2.11. The number of hydrogen-bond acceptors (Lipinski definition) is 5. The molecule has 1 N–H and O–H groups in total. The highest BCUT2D eigenvalue weighted by atomic mass is 15.5. The lowest BCUT2D eigenvalue weighted by Crippen LogP contribution is -2.26. The number of aromatic nitrogens is 4. The van der Waals surface area contributed by atoms with Gasteiger partial charge >= 0.3 is 0 Å². The molecule has 20 heavy (non-hydrogen) atoms. The average molecular weight is 272 g/mol. The number of hydrogen-bond donors (Lipinski definition) is 1. The number of para-hydroxylation sites is 1. The predicted molar refractivity (Wildman–Crippen MR) is 76.5 cm³/mol. The Kier molecular flexibility index (Phi) is 4.03. The van der Waals surface area contributed by atoms with Crippen molar-refractivity contribution in [2.75, 3.05) is 26.7 Å². The fourth-order valence-corrected chi connectivity index (χ4v) is 2.67. The van der Waals surface area contributed by atoms with Crippen molar-refractivity contribution in [3.8, 4) is 5.69 Å². The van der Waals surface area contributed by atoms with E-state index in [-0.39, 0.29) is 0 Å². The van der Waals surface area contributed by atoms with Gasteiger partial charge in [-0.05, 0) is 55.0 Å². The molecule has 1 aliphatic rings. The Morgan fingerprint density at radius 1 is 1.30 bits per heavy atom. The van der Waals surface area contributed by atoms with Gasteiger partial charge in [-0.2, -0.15) is 4.68 Å². The fraction of sp³-hybridized carbons (Fsp3) is 0.500. The number of likely N-dealkylation sites (tertiary alicyclic amines) is 1. The third-order valence-electron chi connectivity index (χ3n) is 3.74. The van der Waals surface area contributed by atoms with Crippen molar-refractivity contribution in [2.24, 2.45) is 5.92 Å². The summed E-state index contributed by atoms with van der Waals surface area (Å²) < 4.78 is 1.79. The predicted octanol–water partition coefficient (Wildman–Crippen LogP) is 0.704. The third kappa shape index (κ3) is 3.02. The summed E-state index contributed by atoms with van der Waals surface area (Å²) in [6, 6.07) is 9.98. The first kappa shape index (κ1) is 13.2. The zero-order valence-electron chi connectivity index (χ0n) is 11.7. The quantitative estimate of drug-likeness (QED) is 0.868. The van der Waals surface area contributed by atoms with Gasteiger partial charge in [0.15, 0.2) is 5.82 Å². The Hall–Kier alpha value is -1.79. The van der Waals surface area contributed by atoms with Crippen molar-refractivity contribution in [2.45, 2.75) is 13.0 Å². The van der Waals surface area contributed by atoms with Crippen LogP contribution in [-0.2, 0) is 6.54 Å². The van der Waals surface area contributed by atoms with Crippen LogP contribution in [0.25, 0.3) is 5.69 Å². The van der Waals surface area contributed by atoms with Crippen LogP contribution >= 0.6 is 0 Å². The van der Waals surface area contributed by atoms with E-state index in [0.717, 1.165) is 24.0 Å². The van der Waals surface area contributed by atoms with Gasteiger partial charge in [0.2, 0.25) is 0 Å². The summed E-state index contributed by atoms with van der Waals surface area (Å²) in [6.07, 6.45) is 1.27. The molecule has 0 aliphatic carbocycles. The van der Waals surface area contributed by atoms with Crippen molar-refractivity contribution >= 4 is 0 Å². The molecule has 6 nitrogen and oxygen atoms in total. The van der Waals surface area contributed by atoms with Crippen LogP contribution in [0.3, 0.4) is 0 Å². The molecule has 1 aromatic carbocycles. The van der Waals surface area contributed by atoms with Crippen LogP contribution in [0.1, 0.15) is 12.2 Å². The Labute approximate surface area is 118 Å². The molecule has 1 unspecified atom stereocenters. The minimum absolute atomic E-state index is 0.697. The van der Waals surface area contributed by atoms with Gasteiger partial charge in [0.1, 0.15) is 0 Å². The van der Waals surface area contributed by atoms with E-state index in [0.29, 0.717) is 6.54 Å². The molecule has 2 heterocycles. The Morgan fingerprint density at radius 2 is 2.15 bits per heavy atom. The molecule has 106 valence electrons. The topological polar surface area (TPSA) is 58.9 Å². The molecule has 1 aromatic heterocycles. The van der Waals surface area contributed by atoms with E-state index < -0.39 is 0 Å². The lowest BCUT2D eigenvalue weighted by atomic mass is 10.1. The summed E-state index contributed by atoms with van der Waals surface area (Å²) in [5, 5.41) is 15.4. The Bertz CT molecular complexity index is 538. The number of tetrazole rings is 1. The second-order valence-corrected chi connectivity index (χ2v) is 5.39. The van der Waals surface area contributed by atoms with Gasteiger partial charge in [-0.15, -0.1) is 5.10 Å². The van der Waals surface area contributed by atoms with Gasteiger partial charge in [-0.1, -0.05) is 18.2 Å². The molecule has 0 bridgehead atoms. The van der Waals surface area contributed by atoms with E-state index in [4.69, 9.17) is 0 Å². The number of nitrogens with one attached hydrogen (secondary N) is 1. The second-order valence-electron chi connectivity index (χ2n) is 5.39. The standard InChI is InChI=1S/C14H20N6/c1-19-8-7-12(11-19)9-15-10-14-16-17-18-20(14)13-5-3-2-4-6-13/h2-6,12,15H,7-11H2,1H3. The van der Waals surface area contributed by atoms with E-state index in [1.165, 1.54) is 19.5 Å². The van der Waals surface area contributed by atoms with Crippen molar-refractivity contribution in [3.05, 3.63) is 36.2 Å². The molecule has 6 heteroatoms. The van der Waals surface area contributed by atoms with E-state index in [1.54, 1.807) is 4.68 Å². The highest BCUT2D eigenvalue weighted by Gasteiger charge is 2.19. The van der Waals surface area contributed by atoms with Crippen LogP contribution in [0.15, 0.2) is 30.3 Å². The Balaban J connectivity index is 1.57. The second kappa shape index (κ2) is 6.11. The highest BCUT2D eigenvalue weighted by Crippen LogP contribution is 2.13. The molecule has 2 aromatic rings. The fourth-order valence-electron chi connectivity index (χ4n) is 2.67. The number of rotatable bonds is 5. The maximum absolute atomic E-state index is 4.10. The number of nitrogens with zero attached hydrogens (tertiary/aromatic N) is 5. The summed E-state index contributed by atoms with van der Waals surface area (Å²) in [5.41, 5.74) is 0.995. The van der Waals surface area contributed by atoms with Gasteiger partial charge in [0.05, 0.1) is 12.2 Å². The molecular formula is C14H20N6. The largest absolute Gasteiger partial charge is 0.309 e. The molecule has 0 radical (unpaired) electrons. The normalized spacial score (nSPS) is 19.6. The first-order valence-corrected chi connectivity index (χ1v) is 7.05. The number of benzene rings is 1. The van der Waals surface area contributed by atoms with Crippen LogP contribution in [0.4, 0.5) is 0 Å². The van der Waals surface area contributed by atoms with Crippen LogP contribution in [0.5, 0.6) is 0 Å². The molecule has 1 aliphatic heterocycles. The van der Waals surface area contributed by atoms with Crippen molar-refractivity contribution < 1.29 is 0 Å². The van der Waals surface area contributed by atoms with Crippen molar-refractivity contribution in [1.82, 2.24) is 30.4 Å². The molecule has 0 amide bonds. The molecule has 1 fully saturated rings. The average Bonchev–Trinajstić information content (AvgIpc) is 3.09. The third-order valence-corrected chi connectivity index (χ3v) is 3.74. The van der Waals surface area contributed by atoms with Crippen LogP contribution in [-0.4, -0.2) is 51.8 Å². The summed E-state index contributed by atoms with van der Waals surface area (Å²) in [6.45, 7) is 4.10.